The molecule has 0 atom stereocenters. The average Bonchev–Trinajstić information content (AvgIpc) is 2.79. The first-order valence-electron chi connectivity index (χ1n) is 10.1. The van der Waals surface area contributed by atoms with Gasteiger partial charge < -0.3 is 10.1 Å². The van der Waals surface area contributed by atoms with Crippen molar-refractivity contribution < 1.29 is 30.0 Å². The number of rotatable bonds is 2. The third kappa shape index (κ3) is 4.94. The maximum Gasteiger partial charge on any atom is 0.155 e. The van der Waals surface area contributed by atoms with Gasteiger partial charge in [-0.05, 0) is 46.5 Å². The van der Waals surface area contributed by atoms with Gasteiger partial charge in [0.1, 0.15) is 0 Å². The van der Waals surface area contributed by atoms with E-state index in [1.54, 1.807) is 0 Å². The molecule has 0 spiro atoms. The van der Waals surface area contributed by atoms with E-state index in [0.717, 1.165) is 11.3 Å². The molecule has 0 aliphatic carbocycles. The standard InChI is InChI=1S/C23H14N.C5H8O2.Ir/c1-2-8-16(9-3-1)23-14-21-19-12-6-4-10-17(19)18-11-5-7-13-20(18)22(21)15-24-23;1-4(6)3-5(2)7;/h1-8,10-15H;3,6H,1-2H3;/q-1;;/b;4-3-;. The number of pyridine rings is 1. The van der Waals surface area contributed by atoms with Crippen LogP contribution >= 0.6 is 0 Å². The molecule has 4 heteroatoms. The van der Waals surface area contributed by atoms with E-state index in [1.165, 1.54) is 52.2 Å². The maximum atomic E-state index is 10.0. The van der Waals surface area contributed by atoms with Crippen LogP contribution in [-0.2, 0) is 24.9 Å². The molecule has 0 aliphatic heterocycles. The average molecular weight is 597 g/mol. The topological polar surface area (TPSA) is 50.2 Å². The van der Waals surface area contributed by atoms with Crippen molar-refractivity contribution in [3.05, 3.63) is 103 Å². The summed E-state index contributed by atoms with van der Waals surface area (Å²) in [6.07, 6.45) is 3.17. The van der Waals surface area contributed by atoms with Crippen LogP contribution < -0.4 is 0 Å². The van der Waals surface area contributed by atoms with Gasteiger partial charge in [-0.25, -0.2) is 0 Å². The van der Waals surface area contributed by atoms with Crippen LogP contribution in [0.3, 0.4) is 0 Å². The molecule has 1 aromatic heterocycles. The van der Waals surface area contributed by atoms with E-state index in [0.29, 0.717) is 0 Å². The van der Waals surface area contributed by atoms with Gasteiger partial charge in [0.25, 0.3) is 0 Å². The molecule has 1 radical (unpaired) electrons. The predicted octanol–water partition coefficient (Wildman–Crippen LogP) is 7.04. The Morgan fingerprint density at radius 2 is 1.34 bits per heavy atom. The molecule has 0 saturated carbocycles. The number of hydrogen-bond donors (Lipinski definition) is 1. The number of aromatic nitrogens is 1. The summed E-state index contributed by atoms with van der Waals surface area (Å²) in [6, 6.07) is 30.6. The van der Waals surface area contributed by atoms with Crippen molar-refractivity contribution in [1.82, 2.24) is 4.98 Å². The Kier molecular flexibility index (Phi) is 7.53. The number of carbonyl (C=O) groups is 1. The number of nitrogens with zero attached hydrogens (tertiary/aromatic N) is 1. The monoisotopic (exact) mass is 597 g/mol. The van der Waals surface area contributed by atoms with E-state index >= 15 is 0 Å². The van der Waals surface area contributed by atoms with Crippen LogP contribution in [0.25, 0.3) is 43.6 Å². The molecule has 0 unspecified atom stereocenters. The van der Waals surface area contributed by atoms with Crippen molar-refractivity contribution in [1.29, 1.82) is 0 Å². The summed E-state index contributed by atoms with van der Waals surface area (Å²) in [5.41, 5.74) is 1.99. The molecule has 161 valence electrons. The second-order valence-electron chi connectivity index (χ2n) is 7.38. The van der Waals surface area contributed by atoms with Gasteiger partial charge in [-0.3, -0.25) is 4.79 Å². The van der Waals surface area contributed by atoms with Crippen molar-refractivity contribution in [3.63, 3.8) is 0 Å². The van der Waals surface area contributed by atoms with Crippen LogP contribution in [0.5, 0.6) is 0 Å². The summed E-state index contributed by atoms with van der Waals surface area (Å²) in [5, 5.41) is 15.9. The third-order valence-electron chi connectivity index (χ3n) is 5.03. The van der Waals surface area contributed by atoms with Gasteiger partial charge in [-0.2, -0.15) is 0 Å². The zero-order chi connectivity index (χ0) is 21.8. The summed E-state index contributed by atoms with van der Waals surface area (Å²) in [5.74, 6) is -0.0625. The van der Waals surface area contributed by atoms with Crippen LogP contribution in [0.4, 0.5) is 0 Å². The predicted molar refractivity (Wildman–Crippen MR) is 128 cm³/mol. The smallest absolute Gasteiger partial charge is 0.155 e. The molecular formula is C28H22IrNO2-. The molecule has 1 N–H and O–H groups in total. The minimum absolute atomic E-state index is 0. The normalized spacial score (nSPS) is 11.0. The number of benzene rings is 4. The SMILES string of the molecule is CC(=O)/C=C(/C)O.[Ir].[c-]1ccccc1-c1cc2c3ccccc3c3ccccc3c2cn1. The van der Waals surface area contributed by atoms with E-state index in [4.69, 9.17) is 10.1 Å². The molecule has 5 rings (SSSR count). The Bertz CT molecular complexity index is 1390. The second-order valence-corrected chi connectivity index (χ2v) is 7.38. The summed E-state index contributed by atoms with van der Waals surface area (Å²) in [4.78, 5) is 14.7. The fourth-order valence-corrected chi connectivity index (χ4v) is 3.79. The Balaban J connectivity index is 0.000000318. The van der Waals surface area contributed by atoms with E-state index in [1.807, 2.05) is 24.4 Å². The second kappa shape index (κ2) is 10.3. The Labute approximate surface area is 200 Å². The Morgan fingerprint density at radius 1 is 0.812 bits per heavy atom. The molecule has 0 bridgehead atoms. The number of hydrogen-bond acceptors (Lipinski definition) is 3. The van der Waals surface area contributed by atoms with Crippen molar-refractivity contribution in [2.45, 2.75) is 13.8 Å². The first-order valence-corrected chi connectivity index (χ1v) is 10.1. The van der Waals surface area contributed by atoms with Gasteiger partial charge in [0, 0.05) is 37.8 Å². The van der Waals surface area contributed by atoms with E-state index in [-0.39, 0.29) is 31.6 Å². The van der Waals surface area contributed by atoms with Crippen LogP contribution in [0.1, 0.15) is 13.8 Å². The fourth-order valence-electron chi connectivity index (χ4n) is 3.79. The summed E-state index contributed by atoms with van der Waals surface area (Å²) < 4.78 is 0. The molecular weight excluding hydrogens is 575 g/mol. The Hall–Kier alpha value is -3.33. The Morgan fingerprint density at radius 3 is 1.81 bits per heavy atom. The van der Waals surface area contributed by atoms with Crippen LogP contribution in [-0.4, -0.2) is 15.9 Å². The largest absolute Gasteiger partial charge is 0.512 e. The van der Waals surface area contributed by atoms with Crippen LogP contribution in [0.2, 0.25) is 0 Å². The molecule has 0 fully saturated rings. The number of aliphatic hydroxyl groups is 1. The van der Waals surface area contributed by atoms with Gasteiger partial charge in [-0.1, -0.05) is 54.6 Å². The molecule has 5 aromatic rings. The van der Waals surface area contributed by atoms with Gasteiger partial charge in [0.05, 0.1) is 5.76 Å². The van der Waals surface area contributed by atoms with Crippen molar-refractivity contribution >= 4 is 38.1 Å². The summed E-state index contributed by atoms with van der Waals surface area (Å²) >= 11 is 0. The molecule has 32 heavy (non-hydrogen) atoms. The number of carbonyl (C=O) groups excluding carboxylic acids is 1. The molecule has 1 heterocycles. The fraction of sp³-hybridized carbons (Fsp3) is 0.0714. The van der Waals surface area contributed by atoms with E-state index in [9.17, 15) is 4.79 Å². The molecule has 0 aliphatic rings. The number of ketones is 1. The van der Waals surface area contributed by atoms with Gasteiger partial charge in [-0.15, -0.1) is 35.9 Å². The van der Waals surface area contributed by atoms with E-state index < -0.39 is 0 Å². The van der Waals surface area contributed by atoms with Gasteiger partial charge >= 0.3 is 0 Å². The maximum absolute atomic E-state index is 10.0. The number of fused-ring (bicyclic) bond motifs is 6. The summed E-state index contributed by atoms with van der Waals surface area (Å²) in [6.45, 7) is 2.85. The zero-order valence-corrected chi connectivity index (χ0v) is 20.2. The summed E-state index contributed by atoms with van der Waals surface area (Å²) in [7, 11) is 0. The first kappa shape index (κ1) is 23.3. The van der Waals surface area contributed by atoms with Crippen molar-refractivity contribution in [2.24, 2.45) is 0 Å². The van der Waals surface area contributed by atoms with E-state index in [2.05, 4.69) is 66.7 Å². The zero-order valence-electron chi connectivity index (χ0n) is 17.8. The minimum atomic E-state index is -0.125. The number of allylic oxidation sites excluding steroid dienone is 2. The number of aliphatic hydroxyl groups excluding tert-OH is 1. The van der Waals surface area contributed by atoms with Crippen molar-refractivity contribution in [2.75, 3.05) is 0 Å². The van der Waals surface area contributed by atoms with Crippen LogP contribution in [0.15, 0.2) is 96.9 Å². The molecule has 0 saturated heterocycles. The molecule has 0 amide bonds. The van der Waals surface area contributed by atoms with Crippen molar-refractivity contribution in [3.8, 4) is 11.3 Å². The molecule has 4 aromatic carbocycles. The first-order chi connectivity index (χ1) is 15.0. The van der Waals surface area contributed by atoms with Gasteiger partial charge in [0.15, 0.2) is 5.78 Å². The third-order valence-corrected chi connectivity index (χ3v) is 5.03. The van der Waals surface area contributed by atoms with Crippen LogP contribution in [0, 0.1) is 6.07 Å². The minimum Gasteiger partial charge on any atom is -0.512 e. The molecule has 3 nitrogen and oxygen atoms in total. The van der Waals surface area contributed by atoms with Gasteiger partial charge in [0.2, 0.25) is 0 Å². The quantitative estimate of drug-likeness (QED) is 0.103.